The molecular formula is C18H19BrN2O2. The van der Waals surface area contributed by atoms with E-state index in [0.717, 1.165) is 15.6 Å². The van der Waals surface area contributed by atoms with Crippen LogP contribution in [0.1, 0.15) is 41.4 Å². The maximum absolute atomic E-state index is 12.3. The van der Waals surface area contributed by atoms with Crippen molar-refractivity contribution in [3.8, 4) is 0 Å². The van der Waals surface area contributed by atoms with Gasteiger partial charge in [-0.25, -0.2) is 0 Å². The molecule has 0 aliphatic heterocycles. The lowest BCUT2D eigenvalue weighted by Crippen LogP contribution is -2.26. The highest BCUT2D eigenvalue weighted by molar-refractivity contribution is 9.10. The van der Waals surface area contributed by atoms with Gasteiger partial charge in [0, 0.05) is 23.5 Å². The molecule has 2 N–H and O–H groups in total. The lowest BCUT2D eigenvalue weighted by atomic mass is 10.1. The first-order valence-electron chi connectivity index (χ1n) is 7.35. The molecule has 2 aromatic carbocycles. The zero-order valence-electron chi connectivity index (χ0n) is 13.1. The van der Waals surface area contributed by atoms with Crippen molar-refractivity contribution in [2.45, 2.75) is 26.4 Å². The van der Waals surface area contributed by atoms with Crippen molar-refractivity contribution in [3.63, 3.8) is 0 Å². The van der Waals surface area contributed by atoms with Crippen molar-refractivity contribution in [1.29, 1.82) is 0 Å². The summed E-state index contributed by atoms with van der Waals surface area (Å²) in [4.78, 5) is 23.2. The molecule has 0 unspecified atom stereocenters. The summed E-state index contributed by atoms with van der Waals surface area (Å²) in [6, 6.07) is 15.0. The normalized spacial score (nSPS) is 11.6. The van der Waals surface area contributed by atoms with Crippen LogP contribution >= 0.6 is 15.9 Å². The fourth-order valence-electron chi connectivity index (χ4n) is 2.12. The molecule has 0 fully saturated rings. The van der Waals surface area contributed by atoms with Crippen LogP contribution < -0.4 is 10.6 Å². The largest absolute Gasteiger partial charge is 0.352 e. The van der Waals surface area contributed by atoms with Crippen LogP contribution in [0.5, 0.6) is 0 Å². The first-order chi connectivity index (χ1) is 11.0. The van der Waals surface area contributed by atoms with Crippen molar-refractivity contribution in [2.24, 2.45) is 0 Å². The summed E-state index contributed by atoms with van der Waals surface area (Å²) in [5.74, 6) is -0.193. The Hall–Kier alpha value is -2.14. The number of carbonyl (C=O) groups excluding carboxylic acids is 2. The number of carbonyl (C=O) groups is 2. The van der Waals surface area contributed by atoms with Gasteiger partial charge in [-0.2, -0.15) is 0 Å². The maximum atomic E-state index is 12.3. The second-order valence-corrected chi connectivity index (χ2v) is 6.27. The number of halogens is 1. The zero-order valence-corrected chi connectivity index (χ0v) is 14.7. The molecule has 0 spiro atoms. The van der Waals surface area contributed by atoms with E-state index in [4.69, 9.17) is 0 Å². The van der Waals surface area contributed by atoms with E-state index in [2.05, 4.69) is 26.6 Å². The van der Waals surface area contributed by atoms with Crippen molar-refractivity contribution < 1.29 is 9.59 Å². The number of hydrogen-bond donors (Lipinski definition) is 2. The van der Waals surface area contributed by atoms with Gasteiger partial charge in [-0.15, -0.1) is 0 Å². The average molecular weight is 375 g/mol. The molecule has 5 heteroatoms. The highest BCUT2D eigenvalue weighted by atomic mass is 79.9. The third kappa shape index (κ3) is 5.21. The van der Waals surface area contributed by atoms with Gasteiger partial charge < -0.3 is 10.6 Å². The molecule has 0 saturated carbocycles. The van der Waals surface area contributed by atoms with Gasteiger partial charge in [0.1, 0.15) is 0 Å². The van der Waals surface area contributed by atoms with E-state index in [0.29, 0.717) is 12.1 Å². The minimum absolute atomic E-state index is 0.0739. The molecule has 2 aromatic rings. The van der Waals surface area contributed by atoms with Crippen LogP contribution in [0.2, 0.25) is 0 Å². The Kier molecular flexibility index (Phi) is 5.93. The lowest BCUT2D eigenvalue weighted by molar-refractivity contribution is -0.119. The quantitative estimate of drug-likeness (QED) is 0.840. The fraction of sp³-hybridized carbons (Fsp3) is 0.222. The molecule has 1 atom stereocenters. The molecule has 0 aliphatic rings. The summed E-state index contributed by atoms with van der Waals surface area (Å²) >= 11 is 3.40. The lowest BCUT2D eigenvalue weighted by Gasteiger charge is -2.14. The number of benzene rings is 2. The summed E-state index contributed by atoms with van der Waals surface area (Å²) in [7, 11) is 0. The van der Waals surface area contributed by atoms with E-state index in [1.54, 1.807) is 12.1 Å². The molecule has 0 radical (unpaired) electrons. The molecule has 23 heavy (non-hydrogen) atoms. The van der Waals surface area contributed by atoms with Crippen LogP contribution in [0.3, 0.4) is 0 Å². The minimum atomic E-state index is -0.119. The monoisotopic (exact) mass is 374 g/mol. The average Bonchev–Trinajstić information content (AvgIpc) is 2.54. The molecule has 120 valence electrons. The fourth-order valence-corrected chi connectivity index (χ4v) is 2.38. The van der Waals surface area contributed by atoms with Gasteiger partial charge in [-0.3, -0.25) is 9.59 Å². The Bertz CT molecular complexity index is 681. The Morgan fingerprint density at radius 1 is 1.04 bits per heavy atom. The highest BCUT2D eigenvalue weighted by Gasteiger charge is 2.11. The van der Waals surface area contributed by atoms with E-state index in [1.807, 2.05) is 43.3 Å². The molecule has 0 aromatic heterocycles. The molecule has 2 rings (SSSR count). The second kappa shape index (κ2) is 7.92. The number of amides is 2. The molecule has 0 bridgehead atoms. The van der Waals surface area contributed by atoms with Gasteiger partial charge >= 0.3 is 0 Å². The Balaban J connectivity index is 1.97. The number of hydrogen-bond acceptors (Lipinski definition) is 2. The van der Waals surface area contributed by atoms with Gasteiger partial charge in [-0.05, 0) is 42.3 Å². The molecule has 0 saturated heterocycles. The molecule has 0 heterocycles. The predicted octanol–water partition coefficient (Wildman–Crippen LogP) is 3.58. The van der Waals surface area contributed by atoms with Crippen molar-refractivity contribution in [3.05, 3.63) is 69.7 Å². The third-order valence-corrected chi connectivity index (χ3v) is 4.00. The van der Waals surface area contributed by atoms with E-state index in [9.17, 15) is 9.59 Å². The van der Waals surface area contributed by atoms with Crippen LogP contribution in [0.4, 0.5) is 0 Å². The second-order valence-electron chi connectivity index (χ2n) is 5.35. The number of rotatable bonds is 5. The maximum Gasteiger partial charge on any atom is 0.251 e. The molecule has 0 aliphatic carbocycles. The zero-order chi connectivity index (χ0) is 16.8. The predicted molar refractivity (Wildman–Crippen MR) is 94.0 cm³/mol. The summed E-state index contributed by atoms with van der Waals surface area (Å²) in [5, 5.41) is 5.70. The summed E-state index contributed by atoms with van der Waals surface area (Å²) in [6.07, 6.45) is 0. The van der Waals surface area contributed by atoms with Gasteiger partial charge in [0.25, 0.3) is 5.91 Å². The van der Waals surface area contributed by atoms with Crippen LogP contribution in [0.15, 0.2) is 53.0 Å². The Labute approximate surface area is 144 Å². The van der Waals surface area contributed by atoms with Crippen LogP contribution in [0.25, 0.3) is 0 Å². The third-order valence-electron chi connectivity index (χ3n) is 3.48. The Morgan fingerprint density at radius 3 is 2.22 bits per heavy atom. The van der Waals surface area contributed by atoms with Crippen molar-refractivity contribution in [2.75, 3.05) is 0 Å². The van der Waals surface area contributed by atoms with Crippen LogP contribution in [0, 0.1) is 0 Å². The first kappa shape index (κ1) is 17.2. The summed E-state index contributed by atoms with van der Waals surface area (Å²) < 4.78 is 1.01. The van der Waals surface area contributed by atoms with E-state index in [1.165, 1.54) is 6.92 Å². The number of nitrogens with one attached hydrogen (secondary N) is 2. The van der Waals surface area contributed by atoms with Crippen LogP contribution in [-0.2, 0) is 11.3 Å². The van der Waals surface area contributed by atoms with Gasteiger partial charge in [-0.1, -0.05) is 40.2 Å². The van der Waals surface area contributed by atoms with E-state index >= 15 is 0 Å². The van der Waals surface area contributed by atoms with E-state index in [-0.39, 0.29) is 17.9 Å². The minimum Gasteiger partial charge on any atom is -0.352 e. The SMILES string of the molecule is CC(=O)NCc1ccc(C(=O)N[C@@H](C)c2ccc(Br)cc2)cc1. The van der Waals surface area contributed by atoms with Crippen LogP contribution in [-0.4, -0.2) is 11.8 Å². The van der Waals surface area contributed by atoms with Gasteiger partial charge in [0.2, 0.25) is 5.91 Å². The van der Waals surface area contributed by atoms with Crippen molar-refractivity contribution in [1.82, 2.24) is 10.6 Å². The van der Waals surface area contributed by atoms with Crippen molar-refractivity contribution >= 4 is 27.7 Å². The summed E-state index contributed by atoms with van der Waals surface area (Å²) in [5.41, 5.74) is 2.60. The molecular weight excluding hydrogens is 356 g/mol. The molecule has 2 amide bonds. The smallest absolute Gasteiger partial charge is 0.251 e. The molecule has 4 nitrogen and oxygen atoms in total. The summed E-state index contributed by atoms with van der Waals surface area (Å²) in [6.45, 7) is 3.89. The van der Waals surface area contributed by atoms with Gasteiger partial charge in [0.15, 0.2) is 0 Å². The van der Waals surface area contributed by atoms with E-state index < -0.39 is 0 Å². The standard InChI is InChI=1S/C18H19BrN2O2/c1-12(15-7-9-17(19)10-8-15)21-18(23)16-5-3-14(4-6-16)11-20-13(2)22/h3-10,12H,11H2,1-2H3,(H,20,22)(H,21,23)/t12-/m0/s1. The topological polar surface area (TPSA) is 58.2 Å². The first-order valence-corrected chi connectivity index (χ1v) is 8.14. The van der Waals surface area contributed by atoms with Gasteiger partial charge in [0.05, 0.1) is 6.04 Å². The highest BCUT2D eigenvalue weighted by Crippen LogP contribution is 2.17. The Morgan fingerprint density at radius 2 is 1.65 bits per heavy atom.